The molecule has 42 heavy (non-hydrogen) atoms. The van der Waals surface area contributed by atoms with E-state index in [-0.39, 0.29) is 23.0 Å². The van der Waals surface area contributed by atoms with E-state index >= 15 is 0 Å². The fourth-order valence-corrected chi connectivity index (χ4v) is 5.21. The Morgan fingerprint density at radius 2 is 1.67 bits per heavy atom. The topological polar surface area (TPSA) is 130 Å². The lowest BCUT2D eigenvalue weighted by atomic mass is 10.1. The normalized spacial score (nSPS) is 12.3. The highest BCUT2D eigenvalue weighted by atomic mass is 32.2. The van der Waals surface area contributed by atoms with Gasteiger partial charge in [0.05, 0.1) is 17.0 Å². The number of sulfonamides is 1. The summed E-state index contributed by atoms with van der Waals surface area (Å²) in [5, 5.41) is 17.3. The third-order valence-corrected chi connectivity index (χ3v) is 7.79. The van der Waals surface area contributed by atoms with E-state index in [4.69, 9.17) is 4.52 Å². The monoisotopic (exact) mass is 591 g/mol. The van der Waals surface area contributed by atoms with Crippen LogP contribution in [0.3, 0.4) is 0 Å². The predicted molar refractivity (Wildman–Crippen MR) is 152 cm³/mol. The first-order chi connectivity index (χ1) is 20.3. The van der Waals surface area contributed by atoms with Crippen molar-refractivity contribution in [1.29, 1.82) is 0 Å². The summed E-state index contributed by atoms with van der Waals surface area (Å²) in [5.41, 5.74) is 3.03. The first-order valence-corrected chi connectivity index (χ1v) is 14.5. The lowest BCUT2D eigenvalue weighted by molar-refractivity contribution is 0.170. The number of hydrogen-bond donors (Lipinski definition) is 3. The number of rotatable bonds is 12. The molecule has 5 aromatic rings. The molecule has 216 valence electrons. The largest absolute Gasteiger partial charge is 0.385 e. The summed E-state index contributed by atoms with van der Waals surface area (Å²) in [4.78, 5) is 8.46. The molecule has 9 nitrogen and oxygen atoms in total. The lowest BCUT2D eigenvalue weighted by Crippen LogP contribution is -2.24. The summed E-state index contributed by atoms with van der Waals surface area (Å²) >= 11 is 0. The molecule has 2 aromatic heterocycles. The molecule has 0 aliphatic carbocycles. The van der Waals surface area contributed by atoms with Gasteiger partial charge in [-0.3, -0.25) is 9.71 Å². The van der Waals surface area contributed by atoms with E-state index in [9.17, 15) is 22.3 Å². The number of anilines is 1. The van der Waals surface area contributed by atoms with Crippen molar-refractivity contribution in [2.75, 3.05) is 17.8 Å². The predicted octanol–water partition coefficient (Wildman–Crippen LogP) is 4.67. The Hall–Kier alpha value is -4.52. The van der Waals surface area contributed by atoms with Gasteiger partial charge in [0.15, 0.2) is 11.6 Å². The maximum absolute atomic E-state index is 13.5. The molecule has 0 aliphatic rings. The van der Waals surface area contributed by atoms with Gasteiger partial charge >= 0.3 is 0 Å². The van der Waals surface area contributed by atoms with Crippen molar-refractivity contribution in [3.63, 3.8) is 0 Å². The van der Waals surface area contributed by atoms with Gasteiger partial charge in [-0.25, -0.2) is 17.2 Å². The van der Waals surface area contributed by atoms with Gasteiger partial charge < -0.3 is 14.9 Å². The Balaban J connectivity index is 1.13. The van der Waals surface area contributed by atoms with E-state index in [0.717, 1.165) is 17.7 Å². The molecule has 0 saturated carbocycles. The summed E-state index contributed by atoms with van der Waals surface area (Å²) in [6.07, 6.45) is 1.76. The highest BCUT2D eigenvalue weighted by Crippen LogP contribution is 2.22. The number of hydrogen-bond acceptors (Lipinski definition) is 8. The second-order valence-electron chi connectivity index (χ2n) is 9.49. The third-order valence-electron chi connectivity index (χ3n) is 6.39. The molecule has 0 spiro atoms. The number of benzene rings is 3. The average molecular weight is 592 g/mol. The summed E-state index contributed by atoms with van der Waals surface area (Å²) in [5.74, 6) is -1.46. The van der Waals surface area contributed by atoms with Gasteiger partial charge in [0.1, 0.15) is 6.10 Å². The van der Waals surface area contributed by atoms with Gasteiger partial charge in [0.2, 0.25) is 11.7 Å². The van der Waals surface area contributed by atoms with Crippen molar-refractivity contribution in [2.24, 2.45) is 0 Å². The minimum atomic E-state index is -3.85. The molecule has 12 heteroatoms. The standard InChI is InChI=1S/C30H27F2N5O4S/c31-25-13-6-21(17-26(25)32)18-29-35-30(36-41-29)22-7-11-24(12-8-22)42(39,40)37-23-9-4-20(5-10-23)14-16-33-19-28(38)27-3-1-2-15-34-27/h1-13,15,17,28,33,37-38H,14,16,18-19H2/t28-/m1/s1. The minimum absolute atomic E-state index is 0.0523. The van der Waals surface area contributed by atoms with Crippen LogP contribution in [0.4, 0.5) is 14.5 Å². The molecule has 5 rings (SSSR count). The molecule has 3 aromatic carbocycles. The molecule has 0 bridgehead atoms. The first-order valence-electron chi connectivity index (χ1n) is 13.1. The minimum Gasteiger partial charge on any atom is -0.385 e. The molecule has 0 aliphatic heterocycles. The van der Waals surface area contributed by atoms with Gasteiger partial charge in [-0.05, 0) is 84.8 Å². The van der Waals surface area contributed by atoms with E-state index in [1.807, 2.05) is 18.2 Å². The zero-order valence-corrected chi connectivity index (χ0v) is 23.1. The van der Waals surface area contributed by atoms with Gasteiger partial charge in [-0.2, -0.15) is 4.98 Å². The highest BCUT2D eigenvalue weighted by molar-refractivity contribution is 7.92. The average Bonchev–Trinajstić information content (AvgIpc) is 3.47. The second-order valence-corrected chi connectivity index (χ2v) is 11.2. The summed E-state index contributed by atoms with van der Waals surface area (Å²) in [6, 6.07) is 22.0. The fraction of sp³-hybridized carbons (Fsp3) is 0.167. The molecule has 0 saturated heterocycles. The van der Waals surface area contributed by atoms with Crippen LogP contribution >= 0.6 is 0 Å². The second kappa shape index (κ2) is 13.0. The molecule has 0 unspecified atom stereocenters. The van der Waals surface area contributed by atoms with Crippen LogP contribution in [0, 0.1) is 11.6 Å². The summed E-state index contributed by atoms with van der Waals surface area (Å²) in [7, 11) is -3.85. The number of aromatic nitrogens is 3. The highest BCUT2D eigenvalue weighted by Gasteiger charge is 2.16. The van der Waals surface area contributed by atoms with Crippen molar-refractivity contribution in [1.82, 2.24) is 20.4 Å². The first kappa shape index (κ1) is 29.0. The quantitative estimate of drug-likeness (QED) is 0.179. The number of nitrogens with zero attached hydrogens (tertiary/aromatic N) is 3. The van der Waals surface area contributed by atoms with Crippen molar-refractivity contribution >= 4 is 15.7 Å². The Kier molecular flexibility index (Phi) is 8.96. The van der Waals surface area contributed by atoms with Crippen molar-refractivity contribution < 1.29 is 26.8 Å². The van der Waals surface area contributed by atoms with Crippen LogP contribution in [0.1, 0.15) is 28.8 Å². The molecule has 1 atom stereocenters. The van der Waals surface area contributed by atoms with Crippen LogP contribution in [0.25, 0.3) is 11.4 Å². The number of aliphatic hydroxyl groups excluding tert-OH is 1. The zero-order valence-electron chi connectivity index (χ0n) is 22.2. The molecular formula is C30H27F2N5O4S. The van der Waals surface area contributed by atoms with E-state index < -0.39 is 27.8 Å². The van der Waals surface area contributed by atoms with Crippen LogP contribution in [-0.2, 0) is 22.9 Å². The van der Waals surface area contributed by atoms with Crippen LogP contribution in [0.2, 0.25) is 0 Å². The van der Waals surface area contributed by atoms with Crippen LogP contribution in [-0.4, -0.2) is 41.7 Å². The Morgan fingerprint density at radius 1 is 0.905 bits per heavy atom. The van der Waals surface area contributed by atoms with Crippen LogP contribution in [0.5, 0.6) is 0 Å². The van der Waals surface area contributed by atoms with Gasteiger partial charge in [0, 0.05) is 24.0 Å². The number of pyridine rings is 1. The lowest BCUT2D eigenvalue weighted by Gasteiger charge is -2.12. The number of halogens is 2. The van der Waals surface area contributed by atoms with Crippen molar-refractivity contribution in [3.05, 3.63) is 125 Å². The van der Waals surface area contributed by atoms with E-state index in [1.54, 1.807) is 42.6 Å². The maximum atomic E-state index is 13.5. The van der Waals surface area contributed by atoms with Crippen LogP contribution in [0.15, 0.2) is 101 Å². The molecular weight excluding hydrogens is 564 g/mol. The van der Waals surface area contributed by atoms with Gasteiger partial charge in [-0.15, -0.1) is 0 Å². The molecule has 0 amide bonds. The van der Waals surface area contributed by atoms with E-state index in [1.165, 1.54) is 18.2 Å². The zero-order chi connectivity index (χ0) is 29.5. The van der Waals surface area contributed by atoms with Gasteiger partial charge in [-0.1, -0.05) is 29.4 Å². The molecule has 0 fully saturated rings. The summed E-state index contributed by atoms with van der Waals surface area (Å²) < 4.78 is 60.2. The number of nitrogens with one attached hydrogen (secondary N) is 2. The van der Waals surface area contributed by atoms with Gasteiger partial charge in [0.25, 0.3) is 10.0 Å². The SMILES string of the molecule is O=S(=O)(Nc1ccc(CCNC[C@@H](O)c2ccccn2)cc1)c1ccc(-c2noc(Cc3ccc(F)c(F)c3)n2)cc1. The smallest absolute Gasteiger partial charge is 0.261 e. The fourth-order valence-electron chi connectivity index (χ4n) is 4.15. The maximum Gasteiger partial charge on any atom is 0.261 e. The Bertz CT molecular complexity index is 1730. The molecule has 3 N–H and O–H groups in total. The molecule has 0 radical (unpaired) electrons. The van der Waals surface area contributed by atoms with Crippen LogP contribution < -0.4 is 10.0 Å². The van der Waals surface area contributed by atoms with E-state index in [2.05, 4.69) is 25.2 Å². The Morgan fingerprint density at radius 3 is 2.38 bits per heavy atom. The van der Waals surface area contributed by atoms with E-state index in [0.29, 0.717) is 42.0 Å². The van der Waals surface area contributed by atoms with Crippen molar-refractivity contribution in [3.8, 4) is 11.4 Å². The number of aliphatic hydroxyl groups is 1. The van der Waals surface area contributed by atoms with Crippen molar-refractivity contribution in [2.45, 2.75) is 23.8 Å². The molecule has 2 heterocycles. The summed E-state index contributed by atoms with van der Waals surface area (Å²) in [6.45, 7) is 1.01. The Labute approximate surface area is 241 Å². The third kappa shape index (κ3) is 7.40.